The smallest absolute Gasteiger partial charge is 0.137 e. The molecule has 8 rings (SSSR count). The number of aromatic nitrogens is 5. The molecule has 0 aliphatic heterocycles. The van der Waals surface area contributed by atoms with Gasteiger partial charge in [0, 0.05) is 46.7 Å². The summed E-state index contributed by atoms with van der Waals surface area (Å²) in [5.74, 6) is 0.858. The van der Waals surface area contributed by atoms with Crippen molar-refractivity contribution in [1.82, 2.24) is 24.5 Å². The quantitative estimate of drug-likeness (QED) is 0.214. The van der Waals surface area contributed by atoms with Crippen LogP contribution in [0, 0.1) is 0 Å². The van der Waals surface area contributed by atoms with E-state index in [1.54, 1.807) is 6.20 Å². The highest BCUT2D eigenvalue weighted by molar-refractivity contribution is 6.08. The van der Waals surface area contributed by atoms with E-state index in [9.17, 15) is 0 Å². The lowest BCUT2D eigenvalue weighted by molar-refractivity contribution is 1.08. The van der Waals surface area contributed by atoms with Gasteiger partial charge in [0.05, 0.1) is 28.1 Å². The molecular weight excluding hydrogens is 526 g/mol. The number of fused-ring (bicyclic) bond motifs is 3. The molecule has 0 atom stereocenters. The zero-order chi connectivity index (χ0) is 28.6. The summed E-state index contributed by atoms with van der Waals surface area (Å²) in [6.45, 7) is 0. The Balaban J connectivity index is 1.22. The molecule has 0 amide bonds. The van der Waals surface area contributed by atoms with Crippen molar-refractivity contribution in [2.24, 2.45) is 0 Å². The third kappa shape index (κ3) is 4.53. The van der Waals surface area contributed by atoms with E-state index in [1.807, 2.05) is 48.9 Å². The van der Waals surface area contributed by atoms with Crippen LogP contribution in [0.3, 0.4) is 0 Å². The molecule has 0 aliphatic rings. The van der Waals surface area contributed by atoms with Gasteiger partial charge in [0.2, 0.25) is 0 Å². The Morgan fingerprint density at radius 1 is 0.419 bits per heavy atom. The van der Waals surface area contributed by atoms with Gasteiger partial charge >= 0.3 is 0 Å². The average Bonchev–Trinajstić information content (AvgIpc) is 3.43. The van der Waals surface area contributed by atoms with Crippen LogP contribution >= 0.6 is 0 Å². The lowest BCUT2D eigenvalue weighted by atomic mass is 10.00. The monoisotopic (exact) mass is 551 g/mol. The third-order valence-corrected chi connectivity index (χ3v) is 7.82. The van der Waals surface area contributed by atoms with Crippen molar-refractivity contribution in [3.05, 3.63) is 152 Å². The van der Waals surface area contributed by atoms with Gasteiger partial charge in [-0.25, -0.2) is 9.97 Å². The molecule has 8 aromatic rings. The first-order valence-corrected chi connectivity index (χ1v) is 14.2. The second-order valence-corrected chi connectivity index (χ2v) is 10.4. The van der Waals surface area contributed by atoms with Gasteiger partial charge in [-0.15, -0.1) is 0 Å². The molecule has 5 heterocycles. The minimum absolute atomic E-state index is 0.819. The normalized spacial score (nSPS) is 11.3. The summed E-state index contributed by atoms with van der Waals surface area (Å²) in [6.07, 6.45) is 7.50. The van der Waals surface area contributed by atoms with E-state index in [1.165, 1.54) is 11.1 Å². The first-order chi connectivity index (χ1) is 21.3. The van der Waals surface area contributed by atoms with Gasteiger partial charge in [-0.1, -0.05) is 78.9 Å². The number of benzene rings is 3. The summed E-state index contributed by atoms with van der Waals surface area (Å²) in [5.41, 5.74) is 10.2. The predicted octanol–water partition coefficient (Wildman–Crippen LogP) is 9.03. The zero-order valence-electron chi connectivity index (χ0n) is 23.2. The van der Waals surface area contributed by atoms with Crippen molar-refractivity contribution in [2.75, 3.05) is 0 Å². The molecule has 5 nitrogen and oxygen atoms in total. The van der Waals surface area contributed by atoms with Crippen molar-refractivity contribution in [3.63, 3.8) is 0 Å². The lowest BCUT2D eigenvalue weighted by Gasteiger charge is -2.11. The lowest BCUT2D eigenvalue weighted by Crippen LogP contribution is -1.98. The molecule has 0 spiro atoms. The molecule has 43 heavy (non-hydrogen) atoms. The molecule has 0 radical (unpaired) electrons. The van der Waals surface area contributed by atoms with E-state index in [0.717, 1.165) is 61.4 Å². The molecule has 0 fully saturated rings. The summed E-state index contributed by atoms with van der Waals surface area (Å²) in [4.78, 5) is 18.9. The Kier molecular flexibility index (Phi) is 6.05. The largest absolute Gasteiger partial charge is 0.294 e. The number of rotatable bonds is 5. The summed E-state index contributed by atoms with van der Waals surface area (Å²) in [6, 6.07) is 43.7. The molecule has 202 valence electrons. The van der Waals surface area contributed by atoms with Gasteiger partial charge in [-0.05, 0) is 65.2 Å². The number of hydrogen-bond acceptors (Lipinski definition) is 4. The molecule has 0 aliphatic carbocycles. The average molecular weight is 552 g/mol. The fraction of sp³-hybridized carbons (Fsp3) is 0. The molecule has 0 saturated carbocycles. The van der Waals surface area contributed by atoms with Gasteiger partial charge < -0.3 is 0 Å². The third-order valence-electron chi connectivity index (χ3n) is 7.82. The maximum absolute atomic E-state index is 5.04. The Morgan fingerprint density at radius 2 is 1.14 bits per heavy atom. The maximum atomic E-state index is 5.04. The van der Waals surface area contributed by atoms with Crippen LogP contribution in [0.5, 0.6) is 0 Å². The highest BCUT2D eigenvalue weighted by atomic mass is 15.1. The molecular formula is C38H25N5. The zero-order valence-corrected chi connectivity index (χ0v) is 23.2. The summed E-state index contributed by atoms with van der Waals surface area (Å²) in [7, 11) is 0. The highest BCUT2D eigenvalue weighted by Crippen LogP contribution is 2.33. The SMILES string of the molecule is c1ccc(-c2ccc(-c3cc(-c4ccc(-n5c6ccccc6c6cnccc65)nc4)cc(-c4ccccn4)n3)cc2)cc1. The van der Waals surface area contributed by atoms with Crippen molar-refractivity contribution in [1.29, 1.82) is 0 Å². The molecule has 0 unspecified atom stereocenters. The van der Waals surface area contributed by atoms with E-state index in [4.69, 9.17) is 9.97 Å². The number of pyridine rings is 4. The van der Waals surface area contributed by atoms with Crippen molar-refractivity contribution >= 4 is 21.8 Å². The van der Waals surface area contributed by atoms with E-state index >= 15 is 0 Å². The minimum Gasteiger partial charge on any atom is -0.294 e. The fourth-order valence-corrected chi connectivity index (χ4v) is 5.71. The molecule has 0 bridgehead atoms. The van der Waals surface area contributed by atoms with Crippen LogP contribution in [0.15, 0.2) is 152 Å². The topological polar surface area (TPSA) is 56.5 Å². The molecule has 0 N–H and O–H groups in total. The van der Waals surface area contributed by atoms with Crippen LogP contribution in [-0.4, -0.2) is 24.5 Å². The van der Waals surface area contributed by atoms with Crippen LogP contribution in [-0.2, 0) is 0 Å². The fourth-order valence-electron chi connectivity index (χ4n) is 5.71. The highest BCUT2D eigenvalue weighted by Gasteiger charge is 2.14. The Bertz CT molecular complexity index is 2150. The van der Waals surface area contributed by atoms with Crippen LogP contribution in [0.25, 0.3) is 72.5 Å². The number of hydrogen-bond donors (Lipinski definition) is 0. The Morgan fingerprint density at radius 3 is 1.95 bits per heavy atom. The minimum atomic E-state index is 0.819. The van der Waals surface area contributed by atoms with Crippen molar-refractivity contribution in [2.45, 2.75) is 0 Å². The standard InChI is InChI=1S/C38H25N5/c1-2-8-26(9-3-1)27-13-15-28(16-14-27)34-22-30(23-35(42-34)33-11-6-7-20-40-33)29-17-18-38(41-24-29)43-36-12-5-4-10-31(36)32-25-39-21-19-37(32)43/h1-25H. The first-order valence-electron chi connectivity index (χ1n) is 14.2. The van der Waals surface area contributed by atoms with E-state index in [-0.39, 0.29) is 0 Å². The predicted molar refractivity (Wildman–Crippen MR) is 174 cm³/mol. The second kappa shape index (κ2) is 10.5. The Hall–Kier alpha value is -5.94. The Labute approximate surface area is 248 Å². The van der Waals surface area contributed by atoms with Crippen LogP contribution in [0.1, 0.15) is 0 Å². The van der Waals surface area contributed by atoms with E-state index in [0.29, 0.717) is 0 Å². The van der Waals surface area contributed by atoms with Gasteiger partial charge in [0.15, 0.2) is 0 Å². The molecule has 0 saturated heterocycles. The summed E-state index contributed by atoms with van der Waals surface area (Å²) in [5, 5.41) is 2.27. The number of para-hydroxylation sites is 1. The molecule has 5 aromatic heterocycles. The van der Waals surface area contributed by atoms with Gasteiger partial charge in [-0.2, -0.15) is 0 Å². The van der Waals surface area contributed by atoms with Crippen molar-refractivity contribution in [3.8, 4) is 50.7 Å². The number of nitrogens with zero attached hydrogens (tertiary/aromatic N) is 5. The second-order valence-electron chi connectivity index (χ2n) is 10.4. The van der Waals surface area contributed by atoms with E-state index in [2.05, 4.69) is 112 Å². The van der Waals surface area contributed by atoms with E-state index < -0.39 is 0 Å². The van der Waals surface area contributed by atoms with Crippen LogP contribution in [0.4, 0.5) is 0 Å². The van der Waals surface area contributed by atoms with Gasteiger partial charge in [0.1, 0.15) is 5.82 Å². The first kappa shape index (κ1) is 24.8. The van der Waals surface area contributed by atoms with Crippen molar-refractivity contribution < 1.29 is 0 Å². The van der Waals surface area contributed by atoms with Crippen LogP contribution in [0.2, 0.25) is 0 Å². The summed E-state index contributed by atoms with van der Waals surface area (Å²) < 4.78 is 2.20. The molecule has 5 heteroatoms. The maximum Gasteiger partial charge on any atom is 0.137 e. The molecule has 3 aromatic carbocycles. The van der Waals surface area contributed by atoms with Crippen LogP contribution < -0.4 is 0 Å². The van der Waals surface area contributed by atoms with Gasteiger partial charge in [0.25, 0.3) is 0 Å². The van der Waals surface area contributed by atoms with Gasteiger partial charge in [-0.3, -0.25) is 14.5 Å². The summed E-state index contributed by atoms with van der Waals surface area (Å²) >= 11 is 0.